The molecule has 0 aliphatic carbocycles. The minimum atomic E-state index is -0.331. The summed E-state index contributed by atoms with van der Waals surface area (Å²) in [5.74, 6) is -0.0362. The van der Waals surface area contributed by atoms with Gasteiger partial charge in [-0.3, -0.25) is 4.79 Å². The van der Waals surface area contributed by atoms with Gasteiger partial charge in [0.2, 0.25) is 10.2 Å². The first-order valence-corrected chi connectivity index (χ1v) is 9.37. The molecule has 29 heavy (non-hydrogen) atoms. The van der Waals surface area contributed by atoms with E-state index in [1.54, 1.807) is 30.5 Å². The third-order valence-electron chi connectivity index (χ3n) is 4.48. The van der Waals surface area contributed by atoms with Crippen molar-refractivity contribution in [2.45, 2.75) is 20.4 Å². The van der Waals surface area contributed by atoms with Crippen molar-refractivity contribution in [1.82, 2.24) is 24.4 Å². The van der Waals surface area contributed by atoms with E-state index in [4.69, 9.17) is 12.2 Å². The summed E-state index contributed by atoms with van der Waals surface area (Å²) < 4.78 is 16.6. The summed E-state index contributed by atoms with van der Waals surface area (Å²) >= 11 is 5.28. The Morgan fingerprint density at radius 2 is 2.00 bits per heavy atom. The van der Waals surface area contributed by atoms with Gasteiger partial charge in [0.25, 0.3) is 0 Å². The maximum atomic E-state index is 13.1. The molecule has 0 saturated carbocycles. The van der Waals surface area contributed by atoms with Crippen LogP contribution in [0.1, 0.15) is 18.2 Å². The maximum absolute atomic E-state index is 13.1. The molecule has 0 bridgehead atoms. The fraction of sp³-hybridized carbons (Fsp3) is 0.150. The largest absolute Gasteiger partial charge is 0.332 e. The first-order chi connectivity index (χ1) is 14.0. The zero-order chi connectivity index (χ0) is 20.5. The Kier molecular flexibility index (Phi) is 4.89. The molecule has 0 fully saturated rings. The van der Waals surface area contributed by atoms with Gasteiger partial charge in [-0.1, -0.05) is 12.1 Å². The molecule has 1 N–H and O–H groups in total. The second-order valence-electron chi connectivity index (χ2n) is 6.44. The van der Waals surface area contributed by atoms with Crippen LogP contribution in [-0.2, 0) is 6.54 Å². The van der Waals surface area contributed by atoms with E-state index in [9.17, 15) is 9.18 Å². The van der Waals surface area contributed by atoms with E-state index < -0.39 is 0 Å². The predicted molar refractivity (Wildman–Crippen MR) is 112 cm³/mol. The van der Waals surface area contributed by atoms with E-state index in [1.807, 2.05) is 18.4 Å². The summed E-state index contributed by atoms with van der Waals surface area (Å²) in [5, 5.41) is 11.7. The van der Waals surface area contributed by atoms with Crippen molar-refractivity contribution in [3.05, 3.63) is 74.7 Å². The van der Waals surface area contributed by atoms with Gasteiger partial charge in [-0.05, 0) is 55.9 Å². The molecule has 146 valence electrons. The summed E-state index contributed by atoms with van der Waals surface area (Å²) in [4.78, 5) is 17.6. The van der Waals surface area contributed by atoms with E-state index in [1.165, 1.54) is 23.0 Å². The van der Waals surface area contributed by atoms with Crippen LogP contribution in [0.2, 0.25) is 0 Å². The fourth-order valence-corrected chi connectivity index (χ4v) is 3.19. The summed E-state index contributed by atoms with van der Waals surface area (Å²) in [6.45, 7) is 4.48. The molecule has 4 aromatic rings. The Balaban J connectivity index is 1.88. The monoisotopic (exact) mass is 408 g/mol. The SMILES string of the molecule is CCn1cc(-c2n[nH]c(=S)n2/N=C/c2ccc(F)cc2)c(=O)c2ccc(C)nc21. The van der Waals surface area contributed by atoms with Crippen molar-refractivity contribution in [3.63, 3.8) is 0 Å². The number of halogens is 1. The minimum Gasteiger partial charge on any atom is -0.332 e. The van der Waals surface area contributed by atoms with Gasteiger partial charge in [0.15, 0.2) is 5.82 Å². The van der Waals surface area contributed by atoms with Crippen LogP contribution in [0, 0.1) is 17.5 Å². The molecule has 0 unspecified atom stereocenters. The smallest absolute Gasteiger partial charge is 0.216 e. The number of H-pyrrole nitrogens is 1. The van der Waals surface area contributed by atoms with Crippen LogP contribution in [0.4, 0.5) is 4.39 Å². The summed E-state index contributed by atoms with van der Waals surface area (Å²) in [7, 11) is 0. The highest BCUT2D eigenvalue weighted by Crippen LogP contribution is 2.18. The van der Waals surface area contributed by atoms with Crippen LogP contribution in [0.3, 0.4) is 0 Å². The lowest BCUT2D eigenvalue weighted by molar-refractivity contribution is 0.628. The number of nitrogens with one attached hydrogen (secondary N) is 1. The first-order valence-electron chi connectivity index (χ1n) is 8.96. The highest BCUT2D eigenvalue weighted by atomic mass is 32.1. The second kappa shape index (κ2) is 7.51. The Morgan fingerprint density at radius 1 is 1.24 bits per heavy atom. The molecular weight excluding hydrogens is 391 g/mol. The lowest BCUT2D eigenvalue weighted by atomic mass is 10.1. The van der Waals surface area contributed by atoms with E-state index >= 15 is 0 Å². The number of pyridine rings is 2. The van der Waals surface area contributed by atoms with Crippen molar-refractivity contribution in [1.29, 1.82) is 0 Å². The van der Waals surface area contributed by atoms with Crippen LogP contribution in [0.25, 0.3) is 22.4 Å². The van der Waals surface area contributed by atoms with E-state index in [0.717, 1.165) is 5.69 Å². The number of benzene rings is 1. The molecule has 0 spiro atoms. The summed E-state index contributed by atoms with van der Waals surface area (Å²) in [6, 6.07) is 9.44. The lowest BCUT2D eigenvalue weighted by Crippen LogP contribution is -2.15. The predicted octanol–water partition coefficient (Wildman–Crippen LogP) is 3.67. The highest BCUT2D eigenvalue weighted by Gasteiger charge is 2.17. The van der Waals surface area contributed by atoms with Crippen molar-refractivity contribution < 1.29 is 4.39 Å². The fourth-order valence-electron chi connectivity index (χ4n) is 3.01. The Labute approximate surface area is 170 Å². The number of hydrogen-bond donors (Lipinski definition) is 1. The Morgan fingerprint density at radius 3 is 2.72 bits per heavy atom. The van der Waals surface area contributed by atoms with Gasteiger partial charge >= 0.3 is 0 Å². The molecule has 3 aromatic heterocycles. The van der Waals surface area contributed by atoms with Gasteiger partial charge in [0, 0.05) is 18.4 Å². The molecule has 3 heterocycles. The molecule has 0 aliphatic heterocycles. The molecular formula is C20H17FN6OS. The summed E-state index contributed by atoms with van der Waals surface area (Å²) in [5.41, 5.74) is 2.29. The van der Waals surface area contributed by atoms with Crippen LogP contribution < -0.4 is 5.43 Å². The molecule has 0 saturated heterocycles. The van der Waals surface area contributed by atoms with Crippen molar-refractivity contribution in [3.8, 4) is 11.4 Å². The molecule has 4 rings (SSSR count). The second-order valence-corrected chi connectivity index (χ2v) is 6.83. The molecule has 1 aromatic carbocycles. The standard InChI is InChI=1S/C20H17FN6OS/c1-3-26-11-16(17(28)15-9-4-12(2)23-18(15)26)19-24-25-20(29)27(19)22-10-13-5-7-14(21)8-6-13/h4-11H,3H2,1-2H3,(H,25,29)/b22-10+. The average molecular weight is 408 g/mol. The molecule has 0 radical (unpaired) electrons. The third kappa shape index (κ3) is 3.52. The first kappa shape index (κ1) is 18.9. The number of fused-ring (bicyclic) bond motifs is 1. The summed E-state index contributed by atoms with van der Waals surface area (Å²) in [6.07, 6.45) is 3.24. The van der Waals surface area contributed by atoms with Crippen molar-refractivity contribution in [2.75, 3.05) is 0 Å². The van der Waals surface area contributed by atoms with Crippen molar-refractivity contribution >= 4 is 29.5 Å². The minimum absolute atomic E-state index is 0.204. The van der Waals surface area contributed by atoms with E-state index in [0.29, 0.717) is 34.5 Å². The van der Waals surface area contributed by atoms with Crippen LogP contribution in [-0.4, -0.2) is 30.6 Å². The van der Waals surface area contributed by atoms with Gasteiger partial charge in [0.1, 0.15) is 11.5 Å². The topological polar surface area (TPSA) is 80.9 Å². The molecule has 0 aliphatic rings. The quantitative estimate of drug-likeness (QED) is 0.413. The van der Waals surface area contributed by atoms with Crippen LogP contribution in [0.5, 0.6) is 0 Å². The number of aryl methyl sites for hydroxylation is 2. The van der Waals surface area contributed by atoms with Gasteiger partial charge < -0.3 is 4.57 Å². The van der Waals surface area contributed by atoms with Crippen molar-refractivity contribution in [2.24, 2.45) is 5.10 Å². The lowest BCUT2D eigenvalue weighted by Gasteiger charge is -2.11. The van der Waals surface area contributed by atoms with Gasteiger partial charge in [0.05, 0.1) is 17.2 Å². The maximum Gasteiger partial charge on any atom is 0.216 e. The highest BCUT2D eigenvalue weighted by molar-refractivity contribution is 7.71. The zero-order valence-electron chi connectivity index (χ0n) is 15.8. The zero-order valence-corrected chi connectivity index (χ0v) is 16.6. The normalized spacial score (nSPS) is 11.6. The third-order valence-corrected chi connectivity index (χ3v) is 4.75. The Hall–Kier alpha value is -3.46. The molecule has 0 atom stereocenters. The average Bonchev–Trinajstić information content (AvgIpc) is 3.08. The molecule has 0 amide bonds. The molecule has 7 nitrogen and oxygen atoms in total. The van der Waals surface area contributed by atoms with E-state index in [2.05, 4.69) is 20.3 Å². The van der Waals surface area contributed by atoms with Gasteiger partial charge in [-0.25, -0.2) is 14.5 Å². The Bertz CT molecular complexity index is 1350. The number of nitrogens with zero attached hydrogens (tertiary/aromatic N) is 5. The van der Waals surface area contributed by atoms with E-state index in [-0.39, 0.29) is 16.0 Å². The van der Waals surface area contributed by atoms with Gasteiger partial charge in [-0.15, -0.1) is 0 Å². The van der Waals surface area contributed by atoms with Crippen LogP contribution in [0.15, 0.2) is 52.5 Å². The van der Waals surface area contributed by atoms with Gasteiger partial charge in [-0.2, -0.15) is 14.9 Å². The number of hydrogen-bond acceptors (Lipinski definition) is 5. The molecule has 9 heteroatoms. The van der Waals surface area contributed by atoms with Crippen LogP contribution >= 0.6 is 12.2 Å². The number of rotatable bonds is 4. The number of aromatic amines is 1. The number of aromatic nitrogens is 5.